The highest BCUT2D eigenvalue weighted by molar-refractivity contribution is 6.77. The van der Waals surface area contributed by atoms with Crippen LogP contribution < -0.4 is 0 Å². The summed E-state index contributed by atoms with van der Waals surface area (Å²) in [6.07, 6.45) is 0. The molecule has 0 aromatic heterocycles. The third kappa shape index (κ3) is 85.5. The van der Waals surface area contributed by atoms with Crippen LogP contribution in [0.1, 0.15) is 115 Å². The second kappa shape index (κ2) is 60.2. The molecule has 0 N–H and O–H groups in total. The van der Waals surface area contributed by atoms with Gasteiger partial charge in [-0.25, -0.2) is 0 Å². The maximum atomic E-state index is 5.15. The van der Waals surface area contributed by atoms with Gasteiger partial charge in [-0.2, -0.15) is 0 Å². The fourth-order valence-electron chi connectivity index (χ4n) is 1.04. The molecule has 274 valence electrons. The van der Waals surface area contributed by atoms with Crippen LogP contribution in [0.25, 0.3) is 0 Å². The number of rotatable bonds is 10. The zero-order valence-corrected chi connectivity index (χ0v) is 31.5. The first-order valence-corrected chi connectivity index (χ1v) is 27.5. The monoisotopic (exact) mass is 689 g/mol. The third-order valence-corrected chi connectivity index (χ3v) is 20.4. The van der Waals surface area contributed by atoms with Crippen LogP contribution in [0.2, 0.25) is 88.1 Å². The Morgan fingerprint density at radius 2 is 0.732 bits per heavy atom. The van der Waals surface area contributed by atoms with Crippen LogP contribution in [0.3, 0.4) is 0 Å². The van der Waals surface area contributed by atoms with Crippen molar-refractivity contribution in [2.75, 3.05) is 21.3 Å². The van der Waals surface area contributed by atoms with Crippen molar-refractivity contribution >= 4 is 43.3 Å². The largest absolute Gasteiger partial charge is 0.423 e. The van der Waals surface area contributed by atoms with Gasteiger partial charge in [-0.15, -0.1) is 0 Å². The molecule has 0 aliphatic carbocycles. The van der Waals surface area contributed by atoms with Crippen molar-refractivity contribution in [2.45, 2.75) is 203 Å². The lowest BCUT2D eigenvalue weighted by atomic mass is 10.9. The van der Waals surface area contributed by atoms with Gasteiger partial charge in [-0.05, 0) is 25.2 Å². The van der Waals surface area contributed by atoms with Crippen LogP contribution in [-0.2, 0) is 13.3 Å². The first kappa shape index (κ1) is 90.0. The summed E-state index contributed by atoms with van der Waals surface area (Å²) in [5.74, 6) is 0. The van der Waals surface area contributed by atoms with Gasteiger partial charge in [0.1, 0.15) is 0 Å². The molecule has 0 spiro atoms. The highest BCUT2D eigenvalue weighted by Crippen LogP contribution is 2.12. The average Bonchev–Trinajstić information content (AvgIpc) is 2.84. The van der Waals surface area contributed by atoms with Crippen molar-refractivity contribution in [3.8, 4) is 0 Å². The van der Waals surface area contributed by atoms with Crippen LogP contribution in [0.5, 0.6) is 0 Å². The standard InChI is InChI=1S/2C6H16Si.C5H14O2Si.C4H12OSi.C3H10Si.9CH4/c2*1-5-7(3,4)6-2;1-5-8(4,6-2)7-3;1-4-6(3)5-2;1-3-4-2;;;;;;;;;/h2*5-6H2,1-4H3;5H2,1-4H3;6H,4H2,1-3H3;3-4H2,1-2H3;9*1H4. The van der Waals surface area contributed by atoms with Crippen molar-refractivity contribution in [1.82, 2.24) is 0 Å². The molecule has 41 heavy (non-hydrogen) atoms. The topological polar surface area (TPSA) is 27.7 Å². The first-order chi connectivity index (χ1) is 14.6. The van der Waals surface area contributed by atoms with Crippen molar-refractivity contribution in [3.05, 3.63) is 0 Å². The Bertz CT molecular complexity index is 301. The van der Waals surface area contributed by atoms with Crippen molar-refractivity contribution in [2.24, 2.45) is 0 Å². The molecule has 0 aromatic rings. The fraction of sp³-hybridized carbons (Fsp3) is 1.00. The fourth-order valence-corrected chi connectivity index (χ4v) is 3.12. The Hall–Kier alpha value is 0.964. The molecule has 0 saturated heterocycles. The second-order valence-electron chi connectivity index (χ2n) is 10.1. The minimum absolute atomic E-state index is 0. The summed E-state index contributed by atoms with van der Waals surface area (Å²) in [7, 11) is 2.00. The summed E-state index contributed by atoms with van der Waals surface area (Å²) < 4.78 is 15.3. The predicted octanol–water partition coefficient (Wildman–Crippen LogP) is 14.2. The van der Waals surface area contributed by atoms with Gasteiger partial charge in [0.15, 0.2) is 9.04 Å². The van der Waals surface area contributed by atoms with Crippen molar-refractivity contribution in [1.29, 1.82) is 0 Å². The SMILES string of the molecule is C.C.C.C.C.C.C.C.C.CC[SiH2]C.CC[SiH](C)OC.CC[Si](C)(C)CC.CC[Si](C)(C)CC.CC[Si](C)(OC)OC. The lowest BCUT2D eigenvalue weighted by molar-refractivity contribution is 0.251. The smallest absolute Gasteiger partial charge is 0.334 e. The lowest BCUT2D eigenvalue weighted by Crippen LogP contribution is -2.34. The van der Waals surface area contributed by atoms with Gasteiger partial charge < -0.3 is 13.3 Å². The summed E-state index contributed by atoms with van der Waals surface area (Å²) >= 11 is 0. The van der Waals surface area contributed by atoms with E-state index in [1.807, 2.05) is 6.55 Å². The van der Waals surface area contributed by atoms with Gasteiger partial charge in [-0.1, -0.05) is 178 Å². The molecule has 0 bridgehead atoms. The van der Waals surface area contributed by atoms with E-state index in [2.05, 4.69) is 87.7 Å². The van der Waals surface area contributed by atoms with Gasteiger partial charge in [-0.3, -0.25) is 0 Å². The van der Waals surface area contributed by atoms with Crippen LogP contribution >= 0.6 is 0 Å². The molecule has 0 aliphatic heterocycles. The highest BCUT2D eigenvalue weighted by atomic mass is 28.4. The average molecular weight is 690 g/mol. The summed E-state index contributed by atoms with van der Waals surface area (Å²) in [6, 6.07) is 9.45. The summed E-state index contributed by atoms with van der Waals surface area (Å²) in [5, 5.41) is 0. The maximum Gasteiger partial charge on any atom is 0.334 e. The Kier molecular flexibility index (Phi) is 132. The molecule has 8 heteroatoms. The number of hydrogen-bond donors (Lipinski definition) is 0. The molecular formula is C33H104O3Si5. The summed E-state index contributed by atoms with van der Waals surface area (Å²) in [4.78, 5) is 0. The summed E-state index contributed by atoms with van der Waals surface area (Å²) in [6.45, 7) is 32.0. The van der Waals surface area contributed by atoms with Gasteiger partial charge >= 0.3 is 8.56 Å². The molecule has 0 amide bonds. The van der Waals surface area contributed by atoms with Crippen molar-refractivity contribution < 1.29 is 13.3 Å². The zero-order valence-electron chi connectivity index (χ0n) is 26.0. The Balaban J connectivity index is -0.0000000178. The van der Waals surface area contributed by atoms with E-state index in [0.29, 0.717) is 9.52 Å². The van der Waals surface area contributed by atoms with Gasteiger partial charge in [0.05, 0.1) is 0 Å². The molecule has 1 atom stereocenters. The van der Waals surface area contributed by atoms with Gasteiger partial charge in [0, 0.05) is 47.0 Å². The zero-order chi connectivity index (χ0) is 26.9. The van der Waals surface area contributed by atoms with E-state index >= 15 is 0 Å². The van der Waals surface area contributed by atoms with Crippen LogP contribution in [0, 0.1) is 0 Å². The van der Waals surface area contributed by atoms with E-state index in [1.54, 1.807) is 21.3 Å². The van der Waals surface area contributed by atoms with Crippen molar-refractivity contribution in [3.63, 3.8) is 0 Å². The van der Waals surface area contributed by atoms with Crippen LogP contribution in [0.4, 0.5) is 0 Å². The van der Waals surface area contributed by atoms with Gasteiger partial charge in [0.2, 0.25) is 0 Å². The molecule has 0 saturated carbocycles. The highest BCUT2D eigenvalue weighted by Gasteiger charge is 2.24. The molecule has 0 radical (unpaired) electrons. The van der Waals surface area contributed by atoms with Crippen LogP contribution in [-0.4, -0.2) is 64.6 Å². The molecule has 0 aliphatic rings. The summed E-state index contributed by atoms with van der Waals surface area (Å²) in [5.41, 5.74) is 0. The Morgan fingerprint density at radius 1 is 0.512 bits per heavy atom. The third-order valence-electron chi connectivity index (χ3n) is 6.81. The minimum Gasteiger partial charge on any atom is -0.423 e. The first-order valence-electron chi connectivity index (χ1n) is 13.3. The van der Waals surface area contributed by atoms with E-state index < -0.39 is 33.7 Å². The molecule has 3 nitrogen and oxygen atoms in total. The molecule has 0 rings (SSSR count). The maximum absolute atomic E-state index is 5.15. The van der Waals surface area contributed by atoms with E-state index in [-0.39, 0.29) is 66.8 Å². The van der Waals surface area contributed by atoms with Gasteiger partial charge in [0.25, 0.3) is 0 Å². The van der Waals surface area contributed by atoms with Crippen LogP contribution in [0.15, 0.2) is 0 Å². The number of hydrogen-bond acceptors (Lipinski definition) is 3. The normalized spacial score (nSPS) is 9.59. The quantitative estimate of drug-likeness (QED) is 0.214. The molecular weight excluding hydrogens is 585 g/mol. The second-order valence-corrected chi connectivity index (χ2v) is 30.3. The Morgan fingerprint density at radius 3 is 0.732 bits per heavy atom. The molecule has 0 aromatic carbocycles. The van der Waals surface area contributed by atoms with E-state index in [0.717, 1.165) is 6.04 Å². The minimum atomic E-state index is -1.67. The van der Waals surface area contributed by atoms with E-state index in [1.165, 1.54) is 36.3 Å². The predicted molar refractivity (Wildman–Crippen MR) is 229 cm³/mol. The van der Waals surface area contributed by atoms with E-state index in [9.17, 15) is 0 Å². The molecule has 0 heterocycles. The molecule has 0 fully saturated rings. The Labute approximate surface area is 280 Å². The molecule has 1 unspecified atom stereocenters. The lowest BCUT2D eigenvalue weighted by Gasteiger charge is -2.19. The van der Waals surface area contributed by atoms with E-state index in [4.69, 9.17) is 13.3 Å².